The lowest BCUT2D eigenvalue weighted by molar-refractivity contribution is -0.124. The lowest BCUT2D eigenvalue weighted by atomic mass is 10.4. The molecule has 0 aromatic heterocycles. The van der Waals surface area contributed by atoms with Gasteiger partial charge in [0.25, 0.3) is 0 Å². The molecular formula is C11H11BrN2O2S. The number of nitrogens with one attached hydrogen (secondary N) is 1. The maximum atomic E-state index is 11.3. The second-order valence-corrected chi connectivity index (χ2v) is 5.47. The second kappa shape index (κ2) is 5.55. The molecule has 0 saturated carbocycles. The average molecular weight is 315 g/mol. The van der Waals surface area contributed by atoms with Crippen LogP contribution in [0.1, 0.15) is 0 Å². The van der Waals surface area contributed by atoms with Gasteiger partial charge in [-0.2, -0.15) is 0 Å². The van der Waals surface area contributed by atoms with Gasteiger partial charge in [0.2, 0.25) is 5.91 Å². The summed E-state index contributed by atoms with van der Waals surface area (Å²) in [7, 11) is 0. The quantitative estimate of drug-likeness (QED) is 0.684. The van der Waals surface area contributed by atoms with Gasteiger partial charge in [-0.15, -0.1) is 11.8 Å². The molecular weight excluding hydrogens is 304 g/mol. The molecule has 1 aliphatic rings. The fraction of sp³-hybridized carbons (Fsp3) is 0.273. The molecule has 1 heterocycles. The highest BCUT2D eigenvalue weighted by Gasteiger charge is 2.27. The van der Waals surface area contributed by atoms with E-state index in [0.717, 1.165) is 9.37 Å². The molecule has 2 rings (SSSR count). The molecule has 0 radical (unpaired) electrons. The summed E-state index contributed by atoms with van der Waals surface area (Å²) in [5, 5.41) is 2.50. The van der Waals surface area contributed by atoms with Crippen molar-refractivity contribution in [2.75, 3.05) is 18.8 Å². The highest BCUT2D eigenvalue weighted by molar-refractivity contribution is 9.10. The molecule has 1 aromatic rings. The molecule has 1 fully saturated rings. The number of carbonyl (C=O) groups excluding carboxylic acids is 2. The summed E-state index contributed by atoms with van der Waals surface area (Å²) in [6, 6.07) is 7.59. The molecule has 1 saturated heterocycles. The number of imide groups is 1. The number of amides is 3. The van der Waals surface area contributed by atoms with Crippen molar-refractivity contribution in [1.82, 2.24) is 10.2 Å². The van der Waals surface area contributed by atoms with Crippen LogP contribution in [0.5, 0.6) is 0 Å². The smallest absolute Gasteiger partial charge is 0.324 e. The summed E-state index contributed by atoms with van der Waals surface area (Å²) in [5.74, 6) is 0.546. The van der Waals surface area contributed by atoms with E-state index in [4.69, 9.17) is 0 Å². The number of halogens is 1. The van der Waals surface area contributed by atoms with E-state index in [9.17, 15) is 9.59 Å². The Labute approximate surface area is 112 Å². The molecule has 6 heteroatoms. The molecule has 0 spiro atoms. The maximum absolute atomic E-state index is 11.3. The van der Waals surface area contributed by atoms with Crippen LogP contribution in [-0.4, -0.2) is 35.7 Å². The van der Waals surface area contributed by atoms with Gasteiger partial charge < -0.3 is 5.32 Å². The van der Waals surface area contributed by atoms with Crippen molar-refractivity contribution in [3.8, 4) is 0 Å². The molecule has 1 aromatic carbocycles. The Balaban J connectivity index is 1.86. The van der Waals surface area contributed by atoms with Crippen molar-refractivity contribution in [3.05, 3.63) is 28.7 Å². The van der Waals surface area contributed by atoms with E-state index in [1.165, 1.54) is 4.90 Å². The van der Waals surface area contributed by atoms with Gasteiger partial charge in [-0.05, 0) is 28.1 Å². The standard InChI is InChI=1S/C11H11BrN2O2S/c12-8-3-1-2-4-9(8)17-6-5-14-10(15)7-13-11(14)16/h1-4H,5-7H2,(H,13,16). The predicted molar refractivity (Wildman–Crippen MR) is 70.0 cm³/mol. The summed E-state index contributed by atoms with van der Waals surface area (Å²) in [5.41, 5.74) is 0. The third-order valence-electron chi connectivity index (χ3n) is 2.35. The predicted octanol–water partition coefficient (Wildman–Crippen LogP) is 2.09. The first-order valence-corrected chi connectivity index (χ1v) is 6.92. The topological polar surface area (TPSA) is 49.4 Å². The van der Waals surface area contributed by atoms with Crippen molar-refractivity contribution in [1.29, 1.82) is 0 Å². The molecule has 0 aliphatic carbocycles. The Bertz CT molecular complexity index is 437. The zero-order valence-electron chi connectivity index (χ0n) is 8.98. The first-order chi connectivity index (χ1) is 8.18. The number of benzene rings is 1. The average Bonchev–Trinajstić information content (AvgIpc) is 2.63. The fourth-order valence-electron chi connectivity index (χ4n) is 1.49. The number of urea groups is 1. The van der Waals surface area contributed by atoms with E-state index in [1.54, 1.807) is 11.8 Å². The van der Waals surface area contributed by atoms with Crippen LogP contribution >= 0.6 is 27.7 Å². The molecule has 17 heavy (non-hydrogen) atoms. The van der Waals surface area contributed by atoms with Crippen LogP contribution in [0.3, 0.4) is 0 Å². The van der Waals surface area contributed by atoms with Crippen LogP contribution in [0.15, 0.2) is 33.6 Å². The first kappa shape index (κ1) is 12.4. The number of nitrogens with zero attached hydrogens (tertiary/aromatic N) is 1. The lowest BCUT2D eigenvalue weighted by Gasteiger charge is -2.11. The van der Waals surface area contributed by atoms with Gasteiger partial charge in [0.05, 0.1) is 6.54 Å². The summed E-state index contributed by atoms with van der Waals surface area (Å²) in [4.78, 5) is 25.0. The third kappa shape index (κ3) is 3.01. The Kier molecular flexibility index (Phi) is 4.06. The van der Waals surface area contributed by atoms with Gasteiger partial charge in [-0.25, -0.2) is 4.79 Å². The van der Waals surface area contributed by atoms with Gasteiger partial charge in [0, 0.05) is 21.7 Å². The van der Waals surface area contributed by atoms with E-state index in [2.05, 4.69) is 21.2 Å². The molecule has 0 bridgehead atoms. The van der Waals surface area contributed by atoms with Crippen molar-refractivity contribution >= 4 is 39.6 Å². The molecule has 1 N–H and O–H groups in total. The number of rotatable bonds is 4. The fourth-order valence-corrected chi connectivity index (χ4v) is 2.99. The van der Waals surface area contributed by atoms with Gasteiger partial charge in [-0.3, -0.25) is 9.69 Å². The first-order valence-electron chi connectivity index (χ1n) is 5.14. The van der Waals surface area contributed by atoms with E-state index in [-0.39, 0.29) is 18.5 Å². The van der Waals surface area contributed by atoms with Crippen LogP contribution in [0.4, 0.5) is 4.79 Å². The third-order valence-corrected chi connectivity index (χ3v) is 4.35. The number of hydrogen-bond acceptors (Lipinski definition) is 3. The minimum Gasteiger partial charge on any atom is -0.329 e. The Morgan fingerprint density at radius 1 is 1.35 bits per heavy atom. The molecule has 0 unspecified atom stereocenters. The lowest BCUT2D eigenvalue weighted by Crippen LogP contribution is -2.32. The van der Waals surface area contributed by atoms with E-state index in [1.807, 2.05) is 24.3 Å². The largest absolute Gasteiger partial charge is 0.329 e. The molecule has 0 atom stereocenters. The summed E-state index contributed by atoms with van der Waals surface area (Å²) < 4.78 is 1.03. The number of hydrogen-bond donors (Lipinski definition) is 1. The van der Waals surface area contributed by atoms with Crippen LogP contribution in [-0.2, 0) is 4.79 Å². The van der Waals surface area contributed by atoms with E-state index in [0.29, 0.717) is 12.3 Å². The van der Waals surface area contributed by atoms with Gasteiger partial charge in [0.1, 0.15) is 0 Å². The molecule has 90 valence electrons. The van der Waals surface area contributed by atoms with Crippen LogP contribution in [0.2, 0.25) is 0 Å². The van der Waals surface area contributed by atoms with Crippen molar-refractivity contribution in [3.63, 3.8) is 0 Å². The van der Waals surface area contributed by atoms with Crippen LogP contribution in [0.25, 0.3) is 0 Å². The SMILES string of the molecule is O=C1CNC(=O)N1CCSc1ccccc1Br. The number of carbonyl (C=O) groups is 2. The zero-order chi connectivity index (χ0) is 12.3. The Morgan fingerprint density at radius 2 is 2.12 bits per heavy atom. The normalized spacial score (nSPS) is 15.2. The zero-order valence-corrected chi connectivity index (χ0v) is 11.4. The second-order valence-electron chi connectivity index (χ2n) is 3.48. The van der Waals surface area contributed by atoms with Gasteiger partial charge >= 0.3 is 6.03 Å². The van der Waals surface area contributed by atoms with Crippen molar-refractivity contribution in [2.45, 2.75) is 4.90 Å². The van der Waals surface area contributed by atoms with Gasteiger partial charge in [-0.1, -0.05) is 12.1 Å². The molecule has 4 nitrogen and oxygen atoms in total. The Morgan fingerprint density at radius 3 is 2.76 bits per heavy atom. The molecule has 1 aliphatic heterocycles. The molecule has 3 amide bonds. The maximum Gasteiger partial charge on any atom is 0.324 e. The number of thioether (sulfide) groups is 1. The van der Waals surface area contributed by atoms with Crippen molar-refractivity contribution in [2.24, 2.45) is 0 Å². The summed E-state index contributed by atoms with van der Waals surface area (Å²) in [6.45, 7) is 0.565. The summed E-state index contributed by atoms with van der Waals surface area (Å²) in [6.07, 6.45) is 0. The van der Waals surface area contributed by atoms with E-state index >= 15 is 0 Å². The van der Waals surface area contributed by atoms with Crippen molar-refractivity contribution < 1.29 is 9.59 Å². The monoisotopic (exact) mass is 314 g/mol. The minimum atomic E-state index is -0.289. The summed E-state index contributed by atoms with van der Waals surface area (Å²) >= 11 is 5.07. The van der Waals surface area contributed by atoms with E-state index < -0.39 is 0 Å². The van der Waals surface area contributed by atoms with Gasteiger partial charge in [0.15, 0.2) is 0 Å². The highest BCUT2D eigenvalue weighted by Crippen LogP contribution is 2.26. The minimum absolute atomic E-state index is 0.124. The van der Waals surface area contributed by atoms with Crippen LogP contribution in [0, 0.1) is 0 Å². The highest BCUT2D eigenvalue weighted by atomic mass is 79.9. The Hall–Kier alpha value is -1.01. The van der Waals surface area contributed by atoms with Crippen LogP contribution < -0.4 is 5.32 Å².